The van der Waals surface area contributed by atoms with Crippen LogP contribution in [0, 0.1) is 19.8 Å². The van der Waals surface area contributed by atoms with Crippen molar-refractivity contribution >= 4 is 22.5 Å². The lowest BCUT2D eigenvalue weighted by molar-refractivity contribution is 0.247. The van der Waals surface area contributed by atoms with E-state index in [1.165, 1.54) is 35.3 Å². The lowest BCUT2D eigenvalue weighted by atomic mass is 10.0. The van der Waals surface area contributed by atoms with Crippen LogP contribution in [0.2, 0.25) is 0 Å². The lowest BCUT2D eigenvalue weighted by Crippen LogP contribution is -2.33. The van der Waals surface area contributed by atoms with E-state index in [1.807, 2.05) is 12.3 Å². The largest absolute Gasteiger partial charge is 0.331 e. The average Bonchev–Trinajstić information content (AvgIpc) is 3.21. The summed E-state index contributed by atoms with van der Waals surface area (Å²) in [6.45, 7) is 3.99. The number of nitrogens with one attached hydrogen (secondary N) is 2. The Morgan fingerprint density at radius 3 is 2.57 bits per heavy atom. The molecule has 1 atom stereocenters. The molecule has 0 bridgehead atoms. The molecule has 21 heavy (non-hydrogen) atoms. The Kier molecular flexibility index (Phi) is 3.92. The maximum atomic E-state index is 12.1. The molecule has 1 unspecified atom stereocenters. The van der Waals surface area contributed by atoms with Gasteiger partial charge < -0.3 is 5.32 Å². The van der Waals surface area contributed by atoms with Crippen molar-refractivity contribution in [1.82, 2.24) is 10.3 Å². The Labute approximate surface area is 128 Å². The zero-order valence-corrected chi connectivity index (χ0v) is 13.0. The van der Waals surface area contributed by atoms with Crippen molar-refractivity contribution in [2.45, 2.75) is 32.7 Å². The quantitative estimate of drug-likeness (QED) is 0.895. The van der Waals surface area contributed by atoms with E-state index >= 15 is 0 Å². The minimum Gasteiger partial charge on any atom is -0.331 e. The third-order valence-electron chi connectivity index (χ3n) is 3.66. The normalized spacial score (nSPS) is 15.5. The molecule has 2 aromatic rings. The number of amides is 2. The highest BCUT2D eigenvalue weighted by Gasteiger charge is 2.33. The molecular formula is C16H19N3OS. The van der Waals surface area contributed by atoms with Gasteiger partial charge in [0.1, 0.15) is 0 Å². The molecule has 0 aliphatic heterocycles. The molecule has 0 spiro atoms. The highest BCUT2D eigenvalue weighted by molar-refractivity contribution is 7.13. The van der Waals surface area contributed by atoms with E-state index in [-0.39, 0.29) is 12.1 Å². The second kappa shape index (κ2) is 5.85. The van der Waals surface area contributed by atoms with Gasteiger partial charge in [0.2, 0.25) is 0 Å². The van der Waals surface area contributed by atoms with Gasteiger partial charge in [-0.25, -0.2) is 9.78 Å². The van der Waals surface area contributed by atoms with Crippen molar-refractivity contribution < 1.29 is 4.79 Å². The Hall–Kier alpha value is -1.88. The summed E-state index contributed by atoms with van der Waals surface area (Å²) in [6, 6.07) is 8.30. The summed E-state index contributed by atoms with van der Waals surface area (Å²) >= 11 is 1.44. The number of carbonyl (C=O) groups is 1. The van der Waals surface area contributed by atoms with Crippen molar-refractivity contribution in [2.24, 2.45) is 5.92 Å². The SMILES string of the molecule is Cc1ccc(C(NC(=O)Nc2nc(C)cs2)C2CC2)cc1. The molecule has 1 aromatic carbocycles. The first-order chi connectivity index (χ1) is 10.1. The first-order valence-electron chi connectivity index (χ1n) is 7.18. The summed E-state index contributed by atoms with van der Waals surface area (Å²) in [6.07, 6.45) is 2.35. The number of urea groups is 1. The second-order valence-corrected chi connectivity index (χ2v) is 6.48. The number of nitrogens with zero attached hydrogens (tertiary/aromatic N) is 1. The molecule has 1 heterocycles. The van der Waals surface area contributed by atoms with Crippen molar-refractivity contribution in [1.29, 1.82) is 0 Å². The van der Waals surface area contributed by atoms with E-state index in [2.05, 4.69) is 46.8 Å². The molecular weight excluding hydrogens is 282 g/mol. The number of hydrogen-bond acceptors (Lipinski definition) is 3. The minimum atomic E-state index is -0.179. The van der Waals surface area contributed by atoms with E-state index in [4.69, 9.17) is 0 Å². The lowest BCUT2D eigenvalue weighted by Gasteiger charge is -2.19. The molecule has 4 nitrogen and oxygen atoms in total. The van der Waals surface area contributed by atoms with Gasteiger partial charge in [0, 0.05) is 5.38 Å². The Balaban J connectivity index is 1.67. The van der Waals surface area contributed by atoms with Gasteiger partial charge in [-0.3, -0.25) is 5.32 Å². The van der Waals surface area contributed by atoms with Gasteiger partial charge in [-0.05, 0) is 38.2 Å². The molecule has 1 saturated carbocycles. The molecule has 0 radical (unpaired) electrons. The van der Waals surface area contributed by atoms with Gasteiger partial charge in [-0.1, -0.05) is 29.8 Å². The molecule has 3 rings (SSSR count). The number of carbonyl (C=O) groups excluding carboxylic acids is 1. The van der Waals surface area contributed by atoms with Crippen LogP contribution in [-0.2, 0) is 0 Å². The first kappa shape index (κ1) is 14.1. The van der Waals surface area contributed by atoms with E-state index in [0.29, 0.717) is 11.0 Å². The third-order valence-corrected chi connectivity index (χ3v) is 4.53. The molecule has 1 aromatic heterocycles. The van der Waals surface area contributed by atoms with E-state index in [0.717, 1.165) is 5.69 Å². The number of aromatic nitrogens is 1. The van der Waals surface area contributed by atoms with Crippen LogP contribution in [0.4, 0.5) is 9.93 Å². The van der Waals surface area contributed by atoms with Crippen LogP contribution in [-0.4, -0.2) is 11.0 Å². The second-order valence-electron chi connectivity index (χ2n) is 5.62. The van der Waals surface area contributed by atoms with Crippen LogP contribution in [0.25, 0.3) is 0 Å². The number of aryl methyl sites for hydroxylation is 2. The van der Waals surface area contributed by atoms with Crippen molar-refractivity contribution in [3.05, 3.63) is 46.5 Å². The zero-order valence-electron chi connectivity index (χ0n) is 12.2. The molecule has 2 amide bonds. The minimum absolute atomic E-state index is 0.0895. The van der Waals surface area contributed by atoms with Crippen LogP contribution in [0.3, 0.4) is 0 Å². The number of rotatable bonds is 4. The predicted molar refractivity (Wildman–Crippen MR) is 85.6 cm³/mol. The summed E-state index contributed by atoms with van der Waals surface area (Å²) < 4.78 is 0. The molecule has 1 aliphatic rings. The first-order valence-corrected chi connectivity index (χ1v) is 8.06. The van der Waals surface area contributed by atoms with Crippen LogP contribution in [0.15, 0.2) is 29.6 Å². The standard InChI is InChI=1S/C16H19N3OS/c1-10-3-5-12(6-4-10)14(13-7-8-13)18-15(20)19-16-17-11(2)9-21-16/h3-6,9,13-14H,7-8H2,1-2H3,(H2,17,18,19,20). The molecule has 2 N–H and O–H groups in total. The Morgan fingerprint density at radius 1 is 1.29 bits per heavy atom. The van der Waals surface area contributed by atoms with Crippen LogP contribution >= 0.6 is 11.3 Å². The number of hydrogen-bond donors (Lipinski definition) is 2. The number of benzene rings is 1. The summed E-state index contributed by atoms with van der Waals surface area (Å²) in [4.78, 5) is 16.4. The fourth-order valence-electron chi connectivity index (χ4n) is 2.36. The zero-order chi connectivity index (χ0) is 14.8. The summed E-state index contributed by atoms with van der Waals surface area (Å²) in [7, 11) is 0. The topological polar surface area (TPSA) is 54.0 Å². The molecule has 0 saturated heterocycles. The maximum Gasteiger partial charge on any atom is 0.321 e. The maximum absolute atomic E-state index is 12.1. The smallest absolute Gasteiger partial charge is 0.321 e. The van der Waals surface area contributed by atoms with Gasteiger partial charge in [0.05, 0.1) is 11.7 Å². The van der Waals surface area contributed by atoms with E-state index in [9.17, 15) is 4.79 Å². The molecule has 5 heteroatoms. The van der Waals surface area contributed by atoms with Crippen LogP contribution < -0.4 is 10.6 Å². The van der Waals surface area contributed by atoms with E-state index < -0.39 is 0 Å². The molecule has 1 aliphatic carbocycles. The van der Waals surface area contributed by atoms with E-state index in [1.54, 1.807) is 0 Å². The van der Waals surface area contributed by atoms with Crippen molar-refractivity contribution in [3.8, 4) is 0 Å². The fraction of sp³-hybridized carbons (Fsp3) is 0.375. The van der Waals surface area contributed by atoms with Gasteiger partial charge in [-0.2, -0.15) is 0 Å². The summed E-state index contributed by atoms with van der Waals surface area (Å²) in [5, 5.41) is 8.47. The Bertz CT molecular complexity index is 631. The monoisotopic (exact) mass is 301 g/mol. The summed E-state index contributed by atoms with van der Waals surface area (Å²) in [5.41, 5.74) is 3.33. The Morgan fingerprint density at radius 2 is 2.00 bits per heavy atom. The fourth-order valence-corrected chi connectivity index (χ4v) is 3.05. The van der Waals surface area contributed by atoms with Gasteiger partial charge >= 0.3 is 6.03 Å². The predicted octanol–water partition coefficient (Wildman–Crippen LogP) is 4.03. The van der Waals surface area contributed by atoms with Gasteiger partial charge in [-0.15, -0.1) is 11.3 Å². The molecule has 110 valence electrons. The van der Waals surface area contributed by atoms with Crippen LogP contribution in [0.5, 0.6) is 0 Å². The summed E-state index contributed by atoms with van der Waals surface area (Å²) in [5.74, 6) is 0.552. The average molecular weight is 301 g/mol. The van der Waals surface area contributed by atoms with Crippen molar-refractivity contribution in [2.75, 3.05) is 5.32 Å². The number of thiazole rings is 1. The van der Waals surface area contributed by atoms with Gasteiger partial charge in [0.15, 0.2) is 5.13 Å². The number of anilines is 1. The van der Waals surface area contributed by atoms with Crippen molar-refractivity contribution in [3.63, 3.8) is 0 Å². The highest BCUT2D eigenvalue weighted by Crippen LogP contribution is 2.41. The highest BCUT2D eigenvalue weighted by atomic mass is 32.1. The third kappa shape index (κ3) is 3.61. The van der Waals surface area contributed by atoms with Gasteiger partial charge in [0.25, 0.3) is 0 Å². The van der Waals surface area contributed by atoms with Crippen LogP contribution in [0.1, 0.15) is 35.7 Å². The molecule has 1 fully saturated rings.